The molecule has 96 valence electrons. The quantitative estimate of drug-likeness (QED) is 0.762. The van der Waals surface area contributed by atoms with Crippen LogP contribution in [0.2, 0.25) is 0 Å². The summed E-state index contributed by atoms with van der Waals surface area (Å²) in [5, 5.41) is 2.91. The summed E-state index contributed by atoms with van der Waals surface area (Å²) in [6, 6.07) is 0.382. The summed E-state index contributed by atoms with van der Waals surface area (Å²) in [6.45, 7) is 7.11. The van der Waals surface area contributed by atoms with Gasteiger partial charge in [-0.1, -0.05) is 6.92 Å². The zero-order valence-electron chi connectivity index (χ0n) is 10.4. The normalized spacial score (nSPS) is 28.2. The molecule has 0 saturated carbocycles. The highest BCUT2D eigenvalue weighted by molar-refractivity contribution is 7.92. The van der Waals surface area contributed by atoms with Crippen LogP contribution in [0.15, 0.2) is 0 Å². The molecule has 1 saturated heterocycles. The predicted molar refractivity (Wildman–Crippen MR) is 65.4 cm³/mol. The van der Waals surface area contributed by atoms with E-state index < -0.39 is 9.84 Å². The van der Waals surface area contributed by atoms with Crippen LogP contribution in [0.25, 0.3) is 0 Å². The third-order valence-corrected chi connectivity index (χ3v) is 5.57. The summed E-state index contributed by atoms with van der Waals surface area (Å²) in [4.78, 5) is 0. The first-order valence-corrected chi connectivity index (χ1v) is 7.75. The molecular weight excluding hydrogens is 226 g/mol. The molecule has 1 aliphatic heterocycles. The van der Waals surface area contributed by atoms with E-state index >= 15 is 0 Å². The number of ether oxygens (including phenoxy) is 1. The minimum Gasteiger partial charge on any atom is -0.377 e. The van der Waals surface area contributed by atoms with E-state index in [2.05, 4.69) is 19.2 Å². The van der Waals surface area contributed by atoms with E-state index in [1.807, 2.05) is 6.92 Å². The van der Waals surface area contributed by atoms with E-state index in [-0.39, 0.29) is 17.1 Å². The van der Waals surface area contributed by atoms with Crippen molar-refractivity contribution in [2.45, 2.75) is 51.0 Å². The number of hydrogen-bond acceptors (Lipinski definition) is 4. The van der Waals surface area contributed by atoms with E-state index in [9.17, 15) is 8.42 Å². The first-order valence-electron chi connectivity index (χ1n) is 6.04. The Hall–Kier alpha value is -0.130. The van der Waals surface area contributed by atoms with Crippen LogP contribution in [0.5, 0.6) is 0 Å². The third-order valence-electron chi connectivity index (χ3n) is 3.26. The molecule has 0 aromatic rings. The Morgan fingerprint density at radius 1 is 1.50 bits per heavy atom. The lowest BCUT2D eigenvalue weighted by Crippen LogP contribution is -2.36. The Labute approximate surface area is 98.7 Å². The molecule has 1 N–H and O–H groups in total. The first-order chi connectivity index (χ1) is 7.47. The van der Waals surface area contributed by atoms with Gasteiger partial charge in [-0.05, 0) is 26.7 Å². The van der Waals surface area contributed by atoms with Crippen molar-refractivity contribution < 1.29 is 13.2 Å². The van der Waals surface area contributed by atoms with Crippen molar-refractivity contribution >= 4 is 9.84 Å². The SMILES string of the molecule is CCC(C)NCCS(=O)(=O)C1CCOC1C. The van der Waals surface area contributed by atoms with Crippen LogP contribution in [0, 0.1) is 0 Å². The molecule has 0 spiro atoms. The summed E-state index contributed by atoms with van der Waals surface area (Å²) in [5.41, 5.74) is 0. The maximum atomic E-state index is 12.0. The van der Waals surface area contributed by atoms with Crippen molar-refractivity contribution in [3.63, 3.8) is 0 Å². The number of sulfone groups is 1. The molecule has 1 rings (SSSR count). The molecule has 0 aromatic carbocycles. The molecule has 4 nitrogen and oxygen atoms in total. The molecule has 0 aliphatic carbocycles. The first kappa shape index (κ1) is 13.9. The molecule has 1 fully saturated rings. The Morgan fingerprint density at radius 2 is 2.19 bits per heavy atom. The Kier molecular flexibility index (Phi) is 5.21. The lowest BCUT2D eigenvalue weighted by Gasteiger charge is -2.16. The Bertz CT molecular complexity index is 302. The Balaban J connectivity index is 2.40. The molecule has 1 aliphatic rings. The molecule has 0 radical (unpaired) electrons. The van der Waals surface area contributed by atoms with Gasteiger partial charge < -0.3 is 10.1 Å². The lowest BCUT2D eigenvalue weighted by atomic mass is 10.3. The molecule has 3 atom stereocenters. The highest BCUT2D eigenvalue weighted by atomic mass is 32.2. The van der Waals surface area contributed by atoms with E-state index in [4.69, 9.17) is 4.74 Å². The monoisotopic (exact) mass is 249 g/mol. The van der Waals surface area contributed by atoms with Crippen molar-refractivity contribution in [1.82, 2.24) is 5.32 Å². The fourth-order valence-electron chi connectivity index (χ4n) is 1.93. The van der Waals surface area contributed by atoms with Gasteiger partial charge in [-0.25, -0.2) is 8.42 Å². The van der Waals surface area contributed by atoms with Gasteiger partial charge in [-0.15, -0.1) is 0 Å². The van der Waals surface area contributed by atoms with Crippen molar-refractivity contribution in [2.24, 2.45) is 0 Å². The minimum absolute atomic E-state index is 0.145. The van der Waals surface area contributed by atoms with Gasteiger partial charge in [0.25, 0.3) is 0 Å². The molecule has 0 amide bonds. The predicted octanol–water partition coefficient (Wildman–Crippen LogP) is 0.967. The lowest BCUT2D eigenvalue weighted by molar-refractivity contribution is 0.126. The molecule has 0 aromatic heterocycles. The van der Waals surface area contributed by atoms with Crippen molar-refractivity contribution in [3.05, 3.63) is 0 Å². The van der Waals surface area contributed by atoms with E-state index in [1.54, 1.807) is 0 Å². The van der Waals surface area contributed by atoms with Crippen LogP contribution in [-0.4, -0.2) is 44.7 Å². The topological polar surface area (TPSA) is 55.4 Å². The Morgan fingerprint density at radius 3 is 2.69 bits per heavy atom. The maximum absolute atomic E-state index is 12.0. The van der Waals surface area contributed by atoms with E-state index in [0.717, 1.165) is 6.42 Å². The fourth-order valence-corrected chi connectivity index (χ4v) is 3.75. The summed E-state index contributed by atoms with van der Waals surface area (Å²) in [7, 11) is -3.00. The number of rotatable bonds is 6. The van der Waals surface area contributed by atoms with Gasteiger partial charge in [0.2, 0.25) is 0 Å². The van der Waals surface area contributed by atoms with E-state index in [1.165, 1.54) is 0 Å². The average molecular weight is 249 g/mol. The van der Waals surface area contributed by atoms with Gasteiger partial charge in [0.15, 0.2) is 9.84 Å². The third kappa shape index (κ3) is 3.71. The molecule has 1 heterocycles. The van der Waals surface area contributed by atoms with Gasteiger partial charge in [0, 0.05) is 19.2 Å². The van der Waals surface area contributed by atoms with Crippen molar-refractivity contribution in [1.29, 1.82) is 0 Å². The summed E-state index contributed by atoms with van der Waals surface area (Å²) in [6.07, 6.45) is 1.52. The standard InChI is InChI=1S/C11H23NO3S/c1-4-9(2)12-6-8-16(13,14)11-5-7-15-10(11)3/h9-12H,4-8H2,1-3H3. The minimum atomic E-state index is -3.00. The maximum Gasteiger partial charge on any atom is 0.157 e. The van der Waals surface area contributed by atoms with Crippen LogP contribution in [0.4, 0.5) is 0 Å². The molecule has 3 unspecified atom stereocenters. The zero-order chi connectivity index (χ0) is 12.2. The van der Waals surface area contributed by atoms with Gasteiger partial charge in [0.05, 0.1) is 17.1 Å². The van der Waals surface area contributed by atoms with Crippen molar-refractivity contribution in [3.8, 4) is 0 Å². The van der Waals surface area contributed by atoms with Crippen LogP contribution >= 0.6 is 0 Å². The molecular formula is C11H23NO3S. The van der Waals surface area contributed by atoms with Crippen molar-refractivity contribution in [2.75, 3.05) is 18.9 Å². The van der Waals surface area contributed by atoms with Gasteiger partial charge in [-0.2, -0.15) is 0 Å². The van der Waals surface area contributed by atoms with Gasteiger partial charge in [-0.3, -0.25) is 0 Å². The second-order valence-electron chi connectivity index (χ2n) is 4.53. The molecule has 5 heteroatoms. The fraction of sp³-hybridized carbons (Fsp3) is 1.00. The highest BCUT2D eigenvalue weighted by Gasteiger charge is 2.35. The summed E-state index contributed by atoms with van der Waals surface area (Å²) < 4.78 is 29.3. The number of hydrogen-bond donors (Lipinski definition) is 1. The van der Waals surface area contributed by atoms with Gasteiger partial charge >= 0.3 is 0 Å². The average Bonchev–Trinajstić information content (AvgIpc) is 2.64. The largest absolute Gasteiger partial charge is 0.377 e. The molecule has 16 heavy (non-hydrogen) atoms. The summed E-state index contributed by atoms with van der Waals surface area (Å²) in [5.74, 6) is 0.218. The second kappa shape index (κ2) is 5.98. The van der Waals surface area contributed by atoms with Crippen LogP contribution < -0.4 is 5.32 Å². The zero-order valence-corrected chi connectivity index (χ0v) is 11.2. The second-order valence-corrected chi connectivity index (χ2v) is 6.87. The van der Waals surface area contributed by atoms with E-state index in [0.29, 0.717) is 25.6 Å². The number of nitrogens with one attached hydrogen (secondary N) is 1. The molecule has 0 bridgehead atoms. The van der Waals surface area contributed by atoms with Crippen LogP contribution in [-0.2, 0) is 14.6 Å². The van der Waals surface area contributed by atoms with Crippen LogP contribution in [0.1, 0.15) is 33.6 Å². The van der Waals surface area contributed by atoms with Crippen LogP contribution in [0.3, 0.4) is 0 Å². The van der Waals surface area contributed by atoms with Gasteiger partial charge in [0.1, 0.15) is 0 Å². The highest BCUT2D eigenvalue weighted by Crippen LogP contribution is 2.21. The smallest absolute Gasteiger partial charge is 0.157 e. The summed E-state index contributed by atoms with van der Waals surface area (Å²) >= 11 is 0.